The van der Waals surface area contributed by atoms with E-state index in [0.29, 0.717) is 6.61 Å². The first-order valence-corrected chi connectivity index (χ1v) is 7.74. The molecule has 0 aliphatic rings. The average Bonchev–Trinajstić information content (AvgIpc) is 2.46. The first kappa shape index (κ1) is 16.2. The molecule has 0 fully saturated rings. The third kappa shape index (κ3) is 8.02. The Morgan fingerprint density at radius 1 is 0.895 bits per heavy atom. The summed E-state index contributed by atoms with van der Waals surface area (Å²) in [6.45, 7) is 6.02. The molecule has 0 saturated heterocycles. The van der Waals surface area contributed by atoms with E-state index in [0.717, 1.165) is 25.9 Å². The summed E-state index contributed by atoms with van der Waals surface area (Å²) in [6.07, 6.45) is 7.15. The minimum absolute atomic E-state index is 0.328. The zero-order chi connectivity index (χ0) is 13.8. The van der Waals surface area contributed by atoms with Crippen LogP contribution in [0.4, 0.5) is 0 Å². The number of benzene rings is 1. The van der Waals surface area contributed by atoms with Crippen LogP contribution in [0.3, 0.4) is 0 Å². The molecule has 0 unspecified atom stereocenters. The highest BCUT2D eigenvalue weighted by atomic mass is 16.2. The number of nitrogens with zero attached hydrogens (tertiary/aromatic N) is 1. The molecule has 0 heterocycles. The smallest absolute Gasteiger partial charge is 0.0431 e. The summed E-state index contributed by atoms with van der Waals surface area (Å²) >= 11 is 0. The summed E-state index contributed by atoms with van der Waals surface area (Å²) in [4.78, 5) is 2.50. The molecule has 0 saturated carbocycles. The highest BCUT2D eigenvalue weighted by molar-refractivity contribution is 5.14. The molecular formula is C17H29NO. The van der Waals surface area contributed by atoms with Crippen molar-refractivity contribution in [1.29, 1.82) is 0 Å². The Morgan fingerprint density at radius 2 is 1.58 bits per heavy atom. The van der Waals surface area contributed by atoms with Crippen LogP contribution in [-0.4, -0.2) is 36.2 Å². The van der Waals surface area contributed by atoms with Crippen LogP contribution in [0.1, 0.15) is 44.6 Å². The molecule has 2 nitrogen and oxygen atoms in total. The van der Waals surface area contributed by atoms with Crippen LogP contribution in [0.2, 0.25) is 0 Å². The topological polar surface area (TPSA) is 23.5 Å². The molecule has 1 aromatic carbocycles. The first-order chi connectivity index (χ1) is 9.36. The fourth-order valence-corrected chi connectivity index (χ4v) is 2.36. The molecule has 1 aromatic rings. The van der Waals surface area contributed by atoms with Gasteiger partial charge in [0.05, 0.1) is 0 Å². The van der Waals surface area contributed by atoms with Gasteiger partial charge in [0.2, 0.25) is 0 Å². The number of aryl methyl sites for hydroxylation is 1. The third-order valence-corrected chi connectivity index (χ3v) is 3.61. The summed E-state index contributed by atoms with van der Waals surface area (Å²) in [5.74, 6) is 0. The molecule has 1 N–H and O–H groups in total. The Balaban J connectivity index is 2.02. The number of hydrogen-bond donors (Lipinski definition) is 1. The van der Waals surface area contributed by atoms with Crippen molar-refractivity contribution in [1.82, 2.24) is 4.90 Å². The quantitative estimate of drug-likeness (QED) is 0.618. The molecule has 108 valence electrons. The van der Waals surface area contributed by atoms with E-state index in [1.54, 1.807) is 0 Å². The van der Waals surface area contributed by atoms with E-state index in [2.05, 4.69) is 42.2 Å². The molecule has 0 aliphatic heterocycles. The Hall–Kier alpha value is -0.860. The van der Waals surface area contributed by atoms with Gasteiger partial charge in [0.15, 0.2) is 0 Å². The zero-order valence-electron chi connectivity index (χ0n) is 12.4. The van der Waals surface area contributed by atoms with E-state index in [-0.39, 0.29) is 0 Å². The Morgan fingerprint density at radius 3 is 2.21 bits per heavy atom. The second kappa shape index (κ2) is 11.0. The predicted octanol–water partition coefficient (Wildman–Crippen LogP) is 3.49. The maximum absolute atomic E-state index is 8.79. The molecular weight excluding hydrogens is 234 g/mol. The van der Waals surface area contributed by atoms with Crippen molar-refractivity contribution in [3.63, 3.8) is 0 Å². The molecule has 2 heteroatoms. The molecule has 0 aromatic heterocycles. The Bertz CT molecular complexity index is 299. The third-order valence-electron chi connectivity index (χ3n) is 3.61. The molecule has 0 amide bonds. The van der Waals surface area contributed by atoms with E-state index in [1.807, 2.05) is 0 Å². The van der Waals surface area contributed by atoms with Gasteiger partial charge in [0.1, 0.15) is 0 Å². The van der Waals surface area contributed by atoms with Crippen LogP contribution >= 0.6 is 0 Å². The van der Waals surface area contributed by atoms with Crippen molar-refractivity contribution in [2.24, 2.45) is 0 Å². The summed E-state index contributed by atoms with van der Waals surface area (Å²) in [6, 6.07) is 10.8. The van der Waals surface area contributed by atoms with E-state index in [1.165, 1.54) is 37.8 Å². The van der Waals surface area contributed by atoms with Gasteiger partial charge in [-0.2, -0.15) is 0 Å². The van der Waals surface area contributed by atoms with Gasteiger partial charge in [-0.1, -0.05) is 43.7 Å². The van der Waals surface area contributed by atoms with E-state index in [4.69, 9.17) is 5.11 Å². The van der Waals surface area contributed by atoms with Gasteiger partial charge in [-0.25, -0.2) is 0 Å². The van der Waals surface area contributed by atoms with Gasteiger partial charge in [-0.3, -0.25) is 0 Å². The average molecular weight is 263 g/mol. The van der Waals surface area contributed by atoms with Crippen molar-refractivity contribution in [3.05, 3.63) is 35.9 Å². The molecule has 0 bridgehead atoms. The lowest BCUT2D eigenvalue weighted by Gasteiger charge is -2.19. The summed E-state index contributed by atoms with van der Waals surface area (Å²) in [7, 11) is 0. The van der Waals surface area contributed by atoms with Gasteiger partial charge < -0.3 is 10.0 Å². The van der Waals surface area contributed by atoms with Crippen molar-refractivity contribution in [2.45, 2.75) is 45.4 Å². The lowest BCUT2D eigenvalue weighted by Crippen LogP contribution is -2.25. The SMILES string of the molecule is CCN(CCCCO)CCCCCc1ccccc1. The maximum atomic E-state index is 8.79. The fourth-order valence-electron chi connectivity index (χ4n) is 2.36. The Labute approximate surface area is 118 Å². The van der Waals surface area contributed by atoms with E-state index < -0.39 is 0 Å². The highest BCUT2D eigenvalue weighted by Gasteiger charge is 2.01. The lowest BCUT2D eigenvalue weighted by molar-refractivity contribution is 0.245. The van der Waals surface area contributed by atoms with Crippen LogP contribution in [0, 0.1) is 0 Å². The first-order valence-electron chi connectivity index (χ1n) is 7.74. The van der Waals surface area contributed by atoms with Crippen molar-refractivity contribution in [2.75, 3.05) is 26.2 Å². The number of hydrogen-bond acceptors (Lipinski definition) is 2. The summed E-state index contributed by atoms with van der Waals surface area (Å²) < 4.78 is 0. The van der Waals surface area contributed by atoms with Gasteiger partial charge >= 0.3 is 0 Å². The lowest BCUT2D eigenvalue weighted by atomic mass is 10.1. The number of aliphatic hydroxyl groups is 1. The van der Waals surface area contributed by atoms with Gasteiger partial charge in [0.25, 0.3) is 0 Å². The molecule has 1 rings (SSSR count). The van der Waals surface area contributed by atoms with Gasteiger partial charge in [-0.05, 0) is 57.3 Å². The molecule has 0 spiro atoms. The minimum Gasteiger partial charge on any atom is -0.396 e. The van der Waals surface area contributed by atoms with Crippen LogP contribution < -0.4 is 0 Å². The van der Waals surface area contributed by atoms with Crippen molar-refractivity contribution >= 4 is 0 Å². The zero-order valence-corrected chi connectivity index (χ0v) is 12.4. The second-order valence-corrected chi connectivity index (χ2v) is 5.16. The molecule has 0 atom stereocenters. The van der Waals surface area contributed by atoms with Crippen LogP contribution in [0.15, 0.2) is 30.3 Å². The van der Waals surface area contributed by atoms with Gasteiger partial charge in [-0.15, -0.1) is 0 Å². The largest absolute Gasteiger partial charge is 0.396 e. The number of aliphatic hydroxyl groups excluding tert-OH is 1. The van der Waals surface area contributed by atoms with E-state index >= 15 is 0 Å². The highest BCUT2D eigenvalue weighted by Crippen LogP contribution is 2.07. The van der Waals surface area contributed by atoms with Crippen LogP contribution in [0.5, 0.6) is 0 Å². The summed E-state index contributed by atoms with van der Waals surface area (Å²) in [5, 5.41) is 8.79. The van der Waals surface area contributed by atoms with Gasteiger partial charge in [0, 0.05) is 6.61 Å². The van der Waals surface area contributed by atoms with Crippen LogP contribution in [0.25, 0.3) is 0 Å². The van der Waals surface area contributed by atoms with Crippen LogP contribution in [-0.2, 0) is 6.42 Å². The standard InChI is InChI=1S/C17H29NO/c1-2-18(15-9-10-16-19)14-8-4-7-13-17-11-5-3-6-12-17/h3,5-6,11-12,19H,2,4,7-10,13-16H2,1H3. The minimum atomic E-state index is 0.328. The summed E-state index contributed by atoms with van der Waals surface area (Å²) in [5.41, 5.74) is 1.46. The van der Waals surface area contributed by atoms with E-state index in [9.17, 15) is 0 Å². The van der Waals surface area contributed by atoms with Crippen molar-refractivity contribution < 1.29 is 5.11 Å². The second-order valence-electron chi connectivity index (χ2n) is 5.16. The molecule has 0 aliphatic carbocycles. The molecule has 19 heavy (non-hydrogen) atoms. The van der Waals surface area contributed by atoms with Crippen molar-refractivity contribution in [3.8, 4) is 0 Å². The normalized spacial score (nSPS) is 11.1. The fraction of sp³-hybridized carbons (Fsp3) is 0.647. The predicted molar refractivity (Wildman–Crippen MR) is 82.4 cm³/mol. The number of rotatable bonds is 11. The maximum Gasteiger partial charge on any atom is 0.0431 e. The molecule has 0 radical (unpaired) electrons. The number of unbranched alkanes of at least 4 members (excludes halogenated alkanes) is 3. The Kier molecular flexibility index (Phi) is 9.38. The monoisotopic (exact) mass is 263 g/mol.